The maximum Gasteiger partial charge on any atom is 0.420 e. The summed E-state index contributed by atoms with van der Waals surface area (Å²) >= 11 is 0. The first-order valence-corrected chi connectivity index (χ1v) is 20.8. The third-order valence-corrected chi connectivity index (χ3v) is 9.09. The highest BCUT2D eigenvalue weighted by Crippen LogP contribution is 2.25. The molecule has 0 fully saturated rings. The summed E-state index contributed by atoms with van der Waals surface area (Å²) in [5.41, 5.74) is -4.61. The van der Waals surface area contributed by atoms with Gasteiger partial charge in [0.15, 0.2) is 0 Å². The summed E-state index contributed by atoms with van der Waals surface area (Å²) in [6.07, 6.45) is -8.11. The first-order valence-electron chi connectivity index (χ1n) is 18.3. The molecule has 6 amide bonds. The van der Waals surface area contributed by atoms with Crippen molar-refractivity contribution in [1.82, 2.24) is 20.4 Å². The second kappa shape index (κ2) is 23.1. The number of carboxylic acids is 4. The van der Waals surface area contributed by atoms with Gasteiger partial charge in [0.1, 0.15) is 46.6 Å². The van der Waals surface area contributed by atoms with E-state index in [0.29, 0.717) is 0 Å². The first-order chi connectivity index (χ1) is 27.0. The van der Waals surface area contributed by atoms with Crippen molar-refractivity contribution in [3.8, 4) is 0 Å². The summed E-state index contributed by atoms with van der Waals surface area (Å²) < 4.78 is 20.7. The van der Waals surface area contributed by atoms with E-state index in [-0.39, 0.29) is 21.3 Å². The lowest BCUT2D eigenvalue weighted by molar-refractivity contribution is -0.144. The van der Waals surface area contributed by atoms with Crippen LogP contribution in [0.4, 0.5) is 19.2 Å². The van der Waals surface area contributed by atoms with Crippen LogP contribution in [-0.2, 0) is 47.7 Å². The molecule has 22 nitrogen and oxygen atoms in total. The van der Waals surface area contributed by atoms with Gasteiger partial charge >= 0.3 is 48.3 Å². The lowest BCUT2D eigenvalue weighted by atomic mass is 10.1. The largest absolute Gasteiger partial charge is 0.480 e. The van der Waals surface area contributed by atoms with Gasteiger partial charge in [0.25, 0.3) is 0 Å². The van der Waals surface area contributed by atoms with Crippen LogP contribution >= 0.6 is 21.6 Å². The van der Waals surface area contributed by atoms with Crippen molar-refractivity contribution in [2.45, 2.75) is 155 Å². The van der Waals surface area contributed by atoms with E-state index in [1.54, 1.807) is 0 Å². The molecule has 0 aliphatic rings. The van der Waals surface area contributed by atoms with E-state index in [0.717, 1.165) is 21.6 Å². The number of nitrogens with one attached hydrogen (secondary N) is 2. The molecule has 60 heavy (non-hydrogen) atoms. The van der Waals surface area contributed by atoms with Crippen molar-refractivity contribution < 1.29 is 87.3 Å². The van der Waals surface area contributed by atoms with Crippen LogP contribution in [0.5, 0.6) is 0 Å². The van der Waals surface area contributed by atoms with E-state index in [2.05, 4.69) is 10.6 Å². The quantitative estimate of drug-likeness (QED) is 0.0597. The number of hydrogen-bond donors (Lipinski definition) is 6. The van der Waals surface area contributed by atoms with Crippen LogP contribution in [0.15, 0.2) is 0 Å². The number of aliphatic carboxylic acids is 4. The minimum atomic E-state index is -1.96. The Morgan fingerprint density at radius 1 is 0.450 bits per heavy atom. The molecule has 0 aromatic carbocycles. The Morgan fingerprint density at radius 2 is 0.683 bits per heavy atom. The number of hydrogen-bond acceptors (Lipinski definition) is 16. The fraction of sp³-hybridized carbons (Fsp3) is 0.722. The van der Waals surface area contributed by atoms with Crippen LogP contribution in [0.2, 0.25) is 0 Å². The molecule has 0 radical (unpaired) electrons. The Labute approximate surface area is 355 Å². The Bertz CT molecular complexity index is 1420. The highest BCUT2D eigenvalue weighted by Gasteiger charge is 2.42. The van der Waals surface area contributed by atoms with Crippen LogP contribution < -0.4 is 10.6 Å². The summed E-state index contributed by atoms with van der Waals surface area (Å²) in [6.45, 7) is 17.7. The molecule has 0 aromatic heterocycles. The standard InChI is InChI=1S/C36H58N4O18S2/c1-33(2,3)55-29(51)39(30(52)56-34(4,5)6)21(27(47)48)13-15-23(41)37-19(25(43)44)17-59-60-18-20(26(45)46)38-24(42)16-14-22(28(49)50)40(31(53)57-35(7,8)9)32(54)58-36(10,11)12/h19-22H,13-18H2,1-12H3,(H,37,41)(H,38,42)(H,43,44)(H,45,46)(H,47,48)(H,49,50). The van der Waals surface area contributed by atoms with E-state index >= 15 is 0 Å². The summed E-state index contributed by atoms with van der Waals surface area (Å²) in [5.74, 6) is -9.07. The van der Waals surface area contributed by atoms with E-state index in [9.17, 15) is 68.4 Å². The maximum atomic E-state index is 12.9. The van der Waals surface area contributed by atoms with Crippen molar-refractivity contribution in [3.05, 3.63) is 0 Å². The molecular formula is C36H58N4O18S2. The third-order valence-electron chi connectivity index (χ3n) is 6.66. The molecule has 0 heterocycles. The van der Waals surface area contributed by atoms with Crippen molar-refractivity contribution in [2.24, 2.45) is 0 Å². The van der Waals surface area contributed by atoms with Gasteiger partial charge in [0.2, 0.25) is 11.8 Å². The fourth-order valence-electron chi connectivity index (χ4n) is 4.28. The Morgan fingerprint density at radius 3 is 0.867 bits per heavy atom. The van der Waals surface area contributed by atoms with Gasteiger partial charge in [0, 0.05) is 24.3 Å². The molecule has 4 atom stereocenters. The van der Waals surface area contributed by atoms with Crippen molar-refractivity contribution in [3.63, 3.8) is 0 Å². The SMILES string of the molecule is CC(C)(C)OC(=O)N(C(=O)OC(C)(C)C)C(CCC(=O)NC(CSSCC(NC(=O)CCC(C(=O)O)N(C(=O)OC(C)(C)C)C(=O)OC(C)(C)C)C(=O)O)C(=O)O)C(=O)O. The second-order valence-electron chi connectivity index (χ2n) is 16.9. The fourth-order valence-corrected chi connectivity index (χ4v) is 6.59. The molecule has 24 heteroatoms. The third kappa shape index (κ3) is 22.4. The zero-order chi connectivity index (χ0) is 47.1. The van der Waals surface area contributed by atoms with Crippen LogP contribution in [0.25, 0.3) is 0 Å². The summed E-state index contributed by atoms with van der Waals surface area (Å²) in [4.78, 5) is 126. The van der Waals surface area contributed by atoms with Crippen molar-refractivity contribution in [2.75, 3.05) is 11.5 Å². The van der Waals surface area contributed by atoms with Gasteiger partial charge in [-0.2, -0.15) is 9.80 Å². The van der Waals surface area contributed by atoms with Gasteiger partial charge in [-0.25, -0.2) is 38.4 Å². The molecule has 0 spiro atoms. The molecule has 0 saturated carbocycles. The van der Waals surface area contributed by atoms with Crippen LogP contribution in [0.1, 0.15) is 109 Å². The maximum absolute atomic E-state index is 12.9. The van der Waals surface area contributed by atoms with Gasteiger partial charge in [0.05, 0.1) is 0 Å². The zero-order valence-electron chi connectivity index (χ0n) is 35.8. The molecule has 0 aliphatic carbocycles. The Balaban J connectivity index is 5.65. The van der Waals surface area contributed by atoms with Gasteiger partial charge in [-0.1, -0.05) is 21.6 Å². The number of carbonyl (C=O) groups excluding carboxylic acids is 6. The molecule has 0 bridgehead atoms. The highest BCUT2D eigenvalue weighted by atomic mass is 33.1. The Kier molecular flexibility index (Phi) is 21.2. The number of carboxylic acid groups (broad SMARTS) is 4. The lowest BCUT2D eigenvalue weighted by Gasteiger charge is -2.31. The zero-order valence-corrected chi connectivity index (χ0v) is 37.4. The molecule has 4 unspecified atom stereocenters. The van der Waals surface area contributed by atoms with Crippen molar-refractivity contribution in [1.29, 1.82) is 0 Å². The van der Waals surface area contributed by atoms with E-state index in [4.69, 9.17) is 18.9 Å². The molecule has 0 rings (SSSR count). The molecule has 0 aliphatic heterocycles. The van der Waals surface area contributed by atoms with Gasteiger partial charge in [-0.3, -0.25) is 9.59 Å². The second-order valence-corrected chi connectivity index (χ2v) is 19.5. The lowest BCUT2D eigenvalue weighted by Crippen LogP contribution is -2.52. The van der Waals surface area contributed by atoms with Crippen LogP contribution in [0.3, 0.4) is 0 Å². The number of ether oxygens (including phenoxy) is 4. The predicted molar refractivity (Wildman–Crippen MR) is 214 cm³/mol. The smallest absolute Gasteiger partial charge is 0.420 e. The number of rotatable bonds is 19. The van der Waals surface area contributed by atoms with Crippen LogP contribution in [0, 0.1) is 0 Å². The van der Waals surface area contributed by atoms with Gasteiger partial charge < -0.3 is 50.0 Å². The average molecular weight is 899 g/mol. The highest BCUT2D eigenvalue weighted by molar-refractivity contribution is 8.76. The number of amides is 6. The monoisotopic (exact) mass is 898 g/mol. The molecule has 0 aromatic rings. The molecular weight excluding hydrogens is 841 g/mol. The summed E-state index contributed by atoms with van der Waals surface area (Å²) in [7, 11) is 1.59. The topological polar surface area (TPSA) is 319 Å². The molecule has 342 valence electrons. The molecule has 0 saturated heterocycles. The minimum Gasteiger partial charge on any atom is -0.480 e. The van der Waals surface area contributed by atoms with Gasteiger partial charge in [-0.05, 0) is 95.9 Å². The van der Waals surface area contributed by atoms with Crippen LogP contribution in [-0.4, -0.2) is 148 Å². The van der Waals surface area contributed by atoms with Gasteiger partial charge in [-0.15, -0.1) is 0 Å². The summed E-state index contributed by atoms with van der Waals surface area (Å²) in [5, 5.41) is 43.6. The van der Waals surface area contributed by atoms with E-state index in [1.807, 2.05) is 0 Å². The normalized spacial score (nSPS) is 13.9. The number of imide groups is 2. The minimum absolute atomic E-state index is 0.220. The van der Waals surface area contributed by atoms with E-state index in [1.165, 1.54) is 83.1 Å². The predicted octanol–water partition coefficient (Wildman–Crippen LogP) is 4.32. The van der Waals surface area contributed by atoms with E-state index < -0.39 is 132 Å². The first kappa shape index (κ1) is 55.0. The Hall–Kier alpha value is -5.00. The molecule has 6 N–H and O–H groups in total. The van der Waals surface area contributed by atoms with Crippen molar-refractivity contribution >= 4 is 81.7 Å². The number of nitrogens with zero attached hydrogens (tertiary/aromatic N) is 2. The number of carbonyl (C=O) groups is 10. The summed E-state index contributed by atoms with van der Waals surface area (Å²) in [6, 6.07) is -7.09. The average Bonchev–Trinajstić information content (AvgIpc) is 3.01.